The second kappa shape index (κ2) is 7.74. The minimum absolute atomic E-state index is 0.0624. The Kier molecular flexibility index (Phi) is 6.65. The number of amides is 1. The summed E-state index contributed by atoms with van der Waals surface area (Å²) in [4.78, 5) is 16.0. The van der Waals surface area contributed by atoms with Crippen molar-refractivity contribution in [3.05, 3.63) is 0 Å². The quantitative estimate of drug-likeness (QED) is 0.712. The van der Waals surface area contributed by atoms with E-state index in [1.165, 1.54) is 0 Å². The summed E-state index contributed by atoms with van der Waals surface area (Å²) < 4.78 is 0. The van der Waals surface area contributed by atoms with Crippen LogP contribution in [0.25, 0.3) is 0 Å². The lowest BCUT2D eigenvalue weighted by atomic mass is 9.82. The van der Waals surface area contributed by atoms with Crippen molar-refractivity contribution in [2.75, 3.05) is 33.2 Å². The molecule has 0 unspecified atom stereocenters. The molecular weight excluding hydrogens is 228 g/mol. The van der Waals surface area contributed by atoms with E-state index in [4.69, 9.17) is 0 Å². The van der Waals surface area contributed by atoms with Crippen LogP contribution in [-0.4, -0.2) is 60.1 Å². The Bertz CT molecular complexity index is 248. The summed E-state index contributed by atoms with van der Waals surface area (Å²) >= 11 is 0. The van der Waals surface area contributed by atoms with Gasteiger partial charge in [0.05, 0.1) is 6.10 Å². The molecule has 4 nitrogen and oxygen atoms in total. The third kappa shape index (κ3) is 4.94. The molecule has 0 spiro atoms. The summed E-state index contributed by atoms with van der Waals surface area (Å²) in [5.74, 6) is 0.927. The van der Waals surface area contributed by atoms with Gasteiger partial charge in [-0.1, -0.05) is 0 Å². The molecule has 0 heterocycles. The maximum Gasteiger partial charge on any atom is 0.222 e. The van der Waals surface area contributed by atoms with Crippen molar-refractivity contribution in [2.45, 2.75) is 45.6 Å². The first-order valence-corrected chi connectivity index (χ1v) is 7.21. The molecule has 0 saturated heterocycles. The van der Waals surface area contributed by atoms with E-state index in [-0.39, 0.29) is 12.0 Å². The maximum absolute atomic E-state index is 11.8. The van der Waals surface area contributed by atoms with Gasteiger partial charge >= 0.3 is 0 Å². The number of carbonyl (C=O) groups excluding carboxylic acids is 1. The lowest BCUT2D eigenvalue weighted by molar-refractivity contribution is -0.130. The first kappa shape index (κ1) is 15.4. The van der Waals surface area contributed by atoms with Crippen molar-refractivity contribution in [3.63, 3.8) is 0 Å². The van der Waals surface area contributed by atoms with Crippen LogP contribution in [0.2, 0.25) is 0 Å². The molecule has 0 bridgehead atoms. The molecule has 0 aromatic carbocycles. The predicted molar refractivity (Wildman–Crippen MR) is 73.4 cm³/mol. The molecule has 18 heavy (non-hydrogen) atoms. The number of aliphatic hydroxyl groups is 1. The van der Waals surface area contributed by atoms with E-state index in [2.05, 4.69) is 11.9 Å². The summed E-state index contributed by atoms with van der Waals surface area (Å²) in [6.45, 7) is 7.69. The van der Waals surface area contributed by atoms with Crippen LogP contribution in [0.1, 0.15) is 39.5 Å². The summed E-state index contributed by atoms with van der Waals surface area (Å²) in [6.07, 6.45) is 3.42. The van der Waals surface area contributed by atoms with Crippen LogP contribution in [0.15, 0.2) is 0 Å². The lowest BCUT2D eigenvalue weighted by Gasteiger charge is -2.34. The third-order valence-electron chi connectivity index (χ3n) is 3.83. The fraction of sp³-hybridized carbons (Fsp3) is 0.929. The molecule has 0 aliphatic heterocycles. The molecule has 0 aromatic rings. The average Bonchev–Trinajstić information content (AvgIpc) is 2.28. The van der Waals surface area contributed by atoms with Gasteiger partial charge in [-0.05, 0) is 52.6 Å². The molecular formula is C14H28N2O2. The Labute approximate surface area is 111 Å². The SMILES string of the molecule is CCN(CC)C(=O)CCCN(C)CC1CC(O)C1. The number of hydrogen-bond donors (Lipinski definition) is 1. The monoisotopic (exact) mass is 256 g/mol. The maximum atomic E-state index is 11.8. The van der Waals surface area contributed by atoms with E-state index in [9.17, 15) is 9.90 Å². The molecule has 1 saturated carbocycles. The zero-order valence-electron chi connectivity index (χ0n) is 12.1. The number of aliphatic hydroxyl groups excluding tert-OH is 1. The van der Waals surface area contributed by atoms with E-state index in [1.807, 2.05) is 18.7 Å². The van der Waals surface area contributed by atoms with Gasteiger partial charge in [0.25, 0.3) is 0 Å². The largest absolute Gasteiger partial charge is 0.393 e. The molecule has 1 amide bonds. The van der Waals surface area contributed by atoms with Gasteiger partial charge in [-0.3, -0.25) is 4.79 Å². The highest BCUT2D eigenvalue weighted by atomic mass is 16.3. The number of rotatable bonds is 8. The van der Waals surface area contributed by atoms with Crippen molar-refractivity contribution in [2.24, 2.45) is 5.92 Å². The minimum atomic E-state index is -0.0624. The zero-order chi connectivity index (χ0) is 13.5. The highest BCUT2D eigenvalue weighted by Crippen LogP contribution is 2.27. The van der Waals surface area contributed by atoms with Gasteiger partial charge in [0.1, 0.15) is 0 Å². The zero-order valence-corrected chi connectivity index (χ0v) is 12.1. The summed E-state index contributed by atoms with van der Waals surface area (Å²) in [7, 11) is 2.10. The lowest BCUT2D eigenvalue weighted by Crippen LogP contribution is -2.37. The van der Waals surface area contributed by atoms with Crippen LogP contribution in [0.4, 0.5) is 0 Å². The number of hydrogen-bond acceptors (Lipinski definition) is 3. The number of carbonyl (C=O) groups is 1. The van der Waals surface area contributed by atoms with Gasteiger partial charge < -0.3 is 14.9 Å². The molecule has 1 fully saturated rings. The molecule has 0 atom stereocenters. The Morgan fingerprint density at radius 2 is 1.89 bits per heavy atom. The molecule has 1 rings (SSSR count). The van der Waals surface area contributed by atoms with Crippen molar-refractivity contribution >= 4 is 5.91 Å². The first-order chi connectivity index (χ1) is 8.56. The Morgan fingerprint density at radius 1 is 1.28 bits per heavy atom. The van der Waals surface area contributed by atoms with Crippen LogP contribution in [0.3, 0.4) is 0 Å². The van der Waals surface area contributed by atoms with Crippen LogP contribution >= 0.6 is 0 Å². The highest BCUT2D eigenvalue weighted by molar-refractivity contribution is 5.76. The van der Waals surface area contributed by atoms with Gasteiger partial charge in [-0.15, -0.1) is 0 Å². The number of nitrogens with zero attached hydrogens (tertiary/aromatic N) is 2. The van der Waals surface area contributed by atoms with Crippen LogP contribution in [0, 0.1) is 5.92 Å². The molecule has 1 aliphatic carbocycles. The van der Waals surface area contributed by atoms with Crippen molar-refractivity contribution in [3.8, 4) is 0 Å². The predicted octanol–water partition coefficient (Wildman–Crippen LogP) is 1.34. The summed E-state index contributed by atoms with van der Waals surface area (Å²) in [6, 6.07) is 0. The molecule has 106 valence electrons. The van der Waals surface area contributed by atoms with Crippen LogP contribution in [-0.2, 0) is 4.79 Å². The van der Waals surface area contributed by atoms with E-state index >= 15 is 0 Å². The second-order valence-electron chi connectivity index (χ2n) is 5.42. The van der Waals surface area contributed by atoms with Crippen molar-refractivity contribution in [1.29, 1.82) is 0 Å². The van der Waals surface area contributed by atoms with E-state index in [1.54, 1.807) is 0 Å². The van der Waals surface area contributed by atoms with Crippen molar-refractivity contribution in [1.82, 2.24) is 9.80 Å². The van der Waals surface area contributed by atoms with Gasteiger partial charge in [0.15, 0.2) is 0 Å². The standard InChI is InChI=1S/C14H28N2O2/c1-4-16(5-2)14(18)7-6-8-15(3)11-12-9-13(17)10-12/h12-13,17H,4-11H2,1-3H3. The van der Waals surface area contributed by atoms with Gasteiger partial charge in [-0.2, -0.15) is 0 Å². The Hall–Kier alpha value is -0.610. The van der Waals surface area contributed by atoms with E-state index in [0.29, 0.717) is 12.3 Å². The summed E-state index contributed by atoms with van der Waals surface area (Å²) in [5.41, 5.74) is 0. The normalized spacial score (nSPS) is 22.9. The Morgan fingerprint density at radius 3 is 2.39 bits per heavy atom. The van der Waals surface area contributed by atoms with Gasteiger partial charge in [-0.25, -0.2) is 0 Å². The molecule has 0 radical (unpaired) electrons. The van der Waals surface area contributed by atoms with Crippen molar-refractivity contribution < 1.29 is 9.90 Å². The smallest absolute Gasteiger partial charge is 0.222 e. The topological polar surface area (TPSA) is 43.8 Å². The molecule has 1 aliphatic rings. The van der Waals surface area contributed by atoms with Gasteiger partial charge in [0, 0.05) is 26.1 Å². The van der Waals surface area contributed by atoms with E-state index < -0.39 is 0 Å². The highest BCUT2D eigenvalue weighted by Gasteiger charge is 2.27. The third-order valence-corrected chi connectivity index (χ3v) is 3.83. The Balaban J connectivity index is 2.07. The molecule has 0 aromatic heterocycles. The fourth-order valence-electron chi connectivity index (χ4n) is 2.62. The summed E-state index contributed by atoms with van der Waals surface area (Å²) in [5, 5.41) is 9.23. The van der Waals surface area contributed by atoms with E-state index in [0.717, 1.165) is 45.4 Å². The molecule has 1 N–H and O–H groups in total. The average molecular weight is 256 g/mol. The first-order valence-electron chi connectivity index (χ1n) is 7.21. The minimum Gasteiger partial charge on any atom is -0.393 e. The van der Waals surface area contributed by atoms with Crippen LogP contribution < -0.4 is 0 Å². The van der Waals surface area contributed by atoms with Gasteiger partial charge in [0.2, 0.25) is 5.91 Å². The second-order valence-corrected chi connectivity index (χ2v) is 5.42. The molecule has 4 heteroatoms. The fourth-order valence-corrected chi connectivity index (χ4v) is 2.62. The van der Waals surface area contributed by atoms with Crippen LogP contribution in [0.5, 0.6) is 0 Å².